The third kappa shape index (κ3) is 9.36. The Bertz CT molecular complexity index is 937. The molecule has 0 spiro atoms. The molecule has 0 aliphatic heterocycles. The average Bonchev–Trinajstić information content (AvgIpc) is 2.83. The molecule has 0 saturated heterocycles. The van der Waals surface area contributed by atoms with Crippen molar-refractivity contribution in [2.75, 3.05) is 20.3 Å². The molecule has 2 unspecified atom stereocenters. The Hall–Kier alpha value is -2.28. The molecule has 3 rings (SSSR count). The van der Waals surface area contributed by atoms with Crippen molar-refractivity contribution in [2.45, 2.75) is 57.5 Å². The number of ether oxygens (including phenoxy) is 2. The van der Waals surface area contributed by atoms with Crippen LogP contribution in [0.15, 0.2) is 48.5 Å². The summed E-state index contributed by atoms with van der Waals surface area (Å²) >= 11 is 11.5. The number of benzene rings is 2. The van der Waals surface area contributed by atoms with Crippen LogP contribution in [0.4, 0.5) is 0 Å². The van der Waals surface area contributed by atoms with E-state index in [1.54, 1.807) is 48.5 Å². The van der Waals surface area contributed by atoms with Gasteiger partial charge in [0.2, 0.25) is 0 Å². The van der Waals surface area contributed by atoms with E-state index in [1.807, 2.05) is 7.05 Å². The summed E-state index contributed by atoms with van der Waals surface area (Å²) in [7, 11) is 2.03. The number of aldehydes is 1. The van der Waals surface area contributed by atoms with Gasteiger partial charge in [-0.2, -0.15) is 0 Å². The SMILES string of the molecule is CNC1(C(C)C)CCCC(C)(NC(=O)COc2ccc(Cl)cc2)C1.O=CCOc1ccc(Cl)cc1. The quantitative estimate of drug-likeness (QED) is 0.413. The van der Waals surface area contributed by atoms with Crippen LogP contribution in [-0.4, -0.2) is 43.5 Å². The number of rotatable bonds is 9. The maximum absolute atomic E-state index is 12.3. The molecular formula is C27H36Cl2N2O4. The second-order valence-electron chi connectivity index (χ2n) is 9.37. The van der Waals surface area contributed by atoms with Crippen molar-refractivity contribution < 1.29 is 19.1 Å². The second-order valence-corrected chi connectivity index (χ2v) is 10.2. The first-order valence-corrected chi connectivity index (χ1v) is 12.6. The van der Waals surface area contributed by atoms with Crippen LogP contribution in [0, 0.1) is 5.92 Å². The maximum atomic E-state index is 12.3. The molecule has 0 radical (unpaired) electrons. The Balaban J connectivity index is 0.000000328. The first-order valence-electron chi connectivity index (χ1n) is 11.8. The molecule has 6 nitrogen and oxygen atoms in total. The lowest BCUT2D eigenvalue weighted by Crippen LogP contribution is -2.61. The fraction of sp³-hybridized carbons (Fsp3) is 0.481. The molecule has 1 saturated carbocycles. The van der Waals surface area contributed by atoms with Crippen molar-refractivity contribution in [3.63, 3.8) is 0 Å². The number of halogens is 2. The number of hydrogen-bond donors (Lipinski definition) is 2. The minimum Gasteiger partial charge on any atom is -0.486 e. The van der Waals surface area contributed by atoms with Gasteiger partial charge in [0, 0.05) is 21.1 Å². The first-order chi connectivity index (χ1) is 16.6. The van der Waals surface area contributed by atoms with Gasteiger partial charge in [-0.05, 0) is 94.1 Å². The largest absolute Gasteiger partial charge is 0.486 e. The summed E-state index contributed by atoms with van der Waals surface area (Å²) in [5, 5.41) is 8.01. The van der Waals surface area contributed by atoms with Gasteiger partial charge in [0.1, 0.15) is 18.1 Å². The highest BCUT2D eigenvalue weighted by molar-refractivity contribution is 6.30. The summed E-state index contributed by atoms with van der Waals surface area (Å²) in [5.41, 5.74) is -0.122. The van der Waals surface area contributed by atoms with Crippen LogP contribution in [0.25, 0.3) is 0 Å². The Morgan fingerprint density at radius 1 is 1.00 bits per heavy atom. The lowest BCUT2D eigenvalue weighted by Gasteiger charge is -2.49. The lowest BCUT2D eigenvalue weighted by atomic mass is 9.67. The van der Waals surface area contributed by atoms with E-state index in [-0.39, 0.29) is 30.2 Å². The summed E-state index contributed by atoms with van der Waals surface area (Å²) < 4.78 is 10.5. The van der Waals surface area contributed by atoms with E-state index in [1.165, 1.54) is 0 Å². The molecule has 1 amide bonds. The Morgan fingerprint density at radius 3 is 2.03 bits per heavy atom. The number of hydrogen-bond acceptors (Lipinski definition) is 5. The van der Waals surface area contributed by atoms with Gasteiger partial charge in [-0.1, -0.05) is 37.0 Å². The summed E-state index contributed by atoms with van der Waals surface area (Å²) in [6.45, 7) is 6.73. The fourth-order valence-electron chi connectivity index (χ4n) is 4.48. The molecular weight excluding hydrogens is 487 g/mol. The third-order valence-electron chi connectivity index (χ3n) is 6.42. The van der Waals surface area contributed by atoms with Gasteiger partial charge >= 0.3 is 0 Å². The number of carbonyl (C=O) groups excluding carboxylic acids is 2. The van der Waals surface area contributed by atoms with E-state index in [2.05, 4.69) is 31.4 Å². The molecule has 1 aliphatic carbocycles. The number of carbonyl (C=O) groups is 2. The van der Waals surface area contributed by atoms with Gasteiger partial charge in [-0.15, -0.1) is 0 Å². The Morgan fingerprint density at radius 2 is 1.54 bits per heavy atom. The van der Waals surface area contributed by atoms with Crippen molar-refractivity contribution in [3.8, 4) is 11.5 Å². The van der Waals surface area contributed by atoms with Crippen LogP contribution < -0.4 is 20.1 Å². The van der Waals surface area contributed by atoms with Crippen molar-refractivity contribution >= 4 is 35.4 Å². The molecule has 8 heteroatoms. The molecule has 0 aromatic heterocycles. The molecule has 2 aromatic rings. The topological polar surface area (TPSA) is 76.7 Å². The minimum absolute atomic E-state index is 0.0193. The van der Waals surface area contributed by atoms with Gasteiger partial charge in [0.15, 0.2) is 12.9 Å². The van der Waals surface area contributed by atoms with E-state index >= 15 is 0 Å². The highest BCUT2D eigenvalue weighted by atomic mass is 35.5. The first kappa shape index (κ1) is 29.0. The number of amides is 1. The molecule has 1 fully saturated rings. The third-order valence-corrected chi connectivity index (χ3v) is 6.92. The van der Waals surface area contributed by atoms with E-state index in [9.17, 15) is 9.59 Å². The predicted molar refractivity (Wildman–Crippen MR) is 142 cm³/mol. The zero-order valence-corrected chi connectivity index (χ0v) is 22.4. The van der Waals surface area contributed by atoms with Crippen molar-refractivity contribution in [1.29, 1.82) is 0 Å². The van der Waals surface area contributed by atoms with Crippen LogP contribution >= 0.6 is 23.2 Å². The van der Waals surface area contributed by atoms with E-state index in [4.69, 9.17) is 32.7 Å². The van der Waals surface area contributed by atoms with Gasteiger partial charge in [0.05, 0.1) is 0 Å². The zero-order chi connectivity index (χ0) is 25.9. The molecule has 0 heterocycles. The van der Waals surface area contributed by atoms with Gasteiger partial charge in [-0.3, -0.25) is 9.59 Å². The summed E-state index contributed by atoms with van der Waals surface area (Å²) in [6.07, 6.45) is 4.88. The average molecular weight is 524 g/mol. The van der Waals surface area contributed by atoms with Gasteiger partial charge in [0.25, 0.3) is 5.91 Å². The molecule has 2 aromatic carbocycles. The zero-order valence-electron chi connectivity index (χ0n) is 20.9. The Labute approximate surface area is 218 Å². The molecule has 2 atom stereocenters. The van der Waals surface area contributed by atoms with Gasteiger partial charge in [-0.25, -0.2) is 0 Å². The van der Waals surface area contributed by atoms with Crippen LogP contribution in [0.1, 0.15) is 46.5 Å². The Kier molecular flexibility index (Phi) is 11.3. The van der Waals surface area contributed by atoms with Crippen molar-refractivity contribution in [1.82, 2.24) is 10.6 Å². The van der Waals surface area contributed by atoms with E-state index in [0.717, 1.165) is 25.7 Å². The molecule has 2 N–H and O–H groups in total. The van der Waals surface area contributed by atoms with Crippen LogP contribution in [0.3, 0.4) is 0 Å². The maximum Gasteiger partial charge on any atom is 0.258 e. The smallest absolute Gasteiger partial charge is 0.258 e. The van der Waals surface area contributed by atoms with Crippen molar-refractivity contribution in [3.05, 3.63) is 58.6 Å². The molecule has 35 heavy (non-hydrogen) atoms. The highest BCUT2D eigenvalue weighted by Gasteiger charge is 2.43. The standard InChI is InChI=1S/C19H29ClN2O2.C8H7ClO2/c1-14(2)19(21-4)11-5-10-18(3,13-19)22-17(23)12-24-16-8-6-15(20)7-9-16;9-7-1-3-8(4-2-7)11-6-5-10/h6-9,14,21H,5,10-13H2,1-4H3,(H,22,23);1-5H,6H2. The highest BCUT2D eigenvalue weighted by Crippen LogP contribution is 2.39. The minimum atomic E-state index is -0.202. The normalized spacial score (nSPS) is 21.5. The predicted octanol–water partition coefficient (Wildman–Crippen LogP) is 5.70. The van der Waals surface area contributed by atoms with Crippen LogP contribution in [0.5, 0.6) is 11.5 Å². The second kappa shape index (κ2) is 13.7. The van der Waals surface area contributed by atoms with E-state index < -0.39 is 0 Å². The summed E-state index contributed by atoms with van der Waals surface area (Å²) in [5.74, 6) is 1.74. The van der Waals surface area contributed by atoms with Gasteiger partial charge < -0.3 is 20.1 Å². The molecule has 192 valence electrons. The van der Waals surface area contributed by atoms with Crippen LogP contribution in [-0.2, 0) is 9.59 Å². The number of nitrogens with one attached hydrogen (secondary N) is 2. The summed E-state index contributed by atoms with van der Waals surface area (Å²) in [4.78, 5) is 22.2. The fourth-order valence-corrected chi connectivity index (χ4v) is 4.73. The molecule has 1 aliphatic rings. The van der Waals surface area contributed by atoms with Crippen LogP contribution in [0.2, 0.25) is 10.0 Å². The molecule has 0 bridgehead atoms. The summed E-state index contributed by atoms with van der Waals surface area (Å²) in [6, 6.07) is 13.9. The lowest BCUT2D eigenvalue weighted by molar-refractivity contribution is -0.125. The van der Waals surface area contributed by atoms with Crippen molar-refractivity contribution in [2.24, 2.45) is 5.92 Å². The van der Waals surface area contributed by atoms with E-state index in [0.29, 0.717) is 33.7 Å². The monoisotopic (exact) mass is 522 g/mol.